The Balaban J connectivity index is 1.26. The van der Waals surface area contributed by atoms with Gasteiger partial charge in [0.2, 0.25) is 11.8 Å². The van der Waals surface area contributed by atoms with Gasteiger partial charge in [0.15, 0.2) is 0 Å². The van der Waals surface area contributed by atoms with Crippen molar-refractivity contribution in [1.29, 1.82) is 0 Å². The molecule has 0 aromatic heterocycles. The van der Waals surface area contributed by atoms with Gasteiger partial charge in [-0.1, -0.05) is 42.5 Å². The largest absolute Gasteiger partial charge is 0.497 e. The molecule has 3 aliphatic heterocycles. The Morgan fingerprint density at radius 3 is 2.71 bits per heavy atom. The topological polar surface area (TPSA) is 67.9 Å². The third-order valence-corrected chi connectivity index (χ3v) is 6.57. The molecule has 2 saturated heterocycles. The summed E-state index contributed by atoms with van der Waals surface area (Å²) in [5.41, 5.74) is 1.33. The molecule has 1 N–H and O–H groups in total. The second kappa shape index (κ2) is 7.85. The standard InChI is InChI=1S/C25H26N2O4/c1-30-19-11-9-18(10-12-19)27-16-25-14-13-20(31-25)21(22(25)24(27)29)23(28)26-15-5-8-17-6-3-2-4-7-17/h2-4,6-7,9-14,20-22H,5,8,15-16H2,1H3,(H,26,28)/t20?,21?,22-,25?/m0/s1. The minimum absolute atomic E-state index is 0.0542. The molecule has 0 saturated carbocycles. The van der Waals surface area contributed by atoms with Crippen molar-refractivity contribution >= 4 is 17.5 Å². The lowest BCUT2D eigenvalue weighted by molar-refractivity contribution is -0.131. The van der Waals surface area contributed by atoms with E-state index in [9.17, 15) is 9.59 Å². The molecular formula is C25H26N2O4. The molecule has 1 spiro atoms. The number of hydrogen-bond donors (Lipinski definition) is 1. The molecule has 2 aromatic rings. The number of ether oxygens (including phenoxy) is 2. The summed E-state index contributed by atoms with van der Waals surface area (Å²) in [6, 6.07) is 17.6. The molecule has 6 nitrogen and oxygen atoms in total. The lowest BCUT2D eigenvalue weighted by Gasteiger charge is -2.23. The fourth-order valence-corrected chi connectivity index (χ4v) is 5.05. The fraction of sp³-hybridized carbons (Fsp3) is 0.360. The van der Waals surface area contributed by atoms with Crippen LogP contribution in [0.5, 0.6) is 5.75 Å². The van der Waals surface area contributed by atoms with Crippen LogP contribution in [0.3, 0.4) is 0 Å². The third kappa shape index (κ3) is 3.41. The molecule has 2 fully saturated rings. The molecule has 3 heterocycles. The molecule has 3 aliphatic rings. The summed E-state index contributed by atoms with van der Waals surface area (Å²) < 4.78 is 11.4. The predicted octanol–water partition coefficient (Wildman–Crippen LogP) is 2.73. The van der Waals surface area contributed by atoms with Gasteiger partial charge >= 0.3 is 0 Å². The van der Waals surface area contributed by atoms with Crippen molar-refractivity contribution in [3.05, 3.63) is 72.3 Å². The highest BCUT2D eigenvalue weighted by molar-refractivity contribution is 6.03. The molecule has 6 heteroatoms. The summed E-state index contributed by atoms with van der Waals surface area (Å²) in [7, 11) is 1.61. The summed E-state index contributed by atoms with van der Waals surface area (Å²) in [5.74, 6) is -0.393. The molecular weight excluding hydrogens is 392 g/mol. The maximum atomic E-state index is 13.4. The summed E-state index contributed by atoms with van der Waals surface area (Å²) in [6.45, 7) is 1.00. The Bertz CT molecular complexity index is 1000. The van der Waals surface area contributed by atoms with Crippen molar-refractivity contribution in [2.24, 2.45) is 11.8 Å². The van der Waals surface area contributed by atoms with Gasteiger partial charge in [0, 0.05) is 12.2 Å². The number of benzene rings is 2. The maximum Gasteiger partial charge on any atom is 0.234 e. The number of hydrogen-bond acceptors (Lipinski definition) is 4. The van der Waals surface area contributed by atoms with Crippen molar-refractivity contribution in [3.63, 3.8) is 0 Å². The molecule has 160 valence electrons. The third-order valence-electron chi connectivity index (χ3n) is 6.57. The predicted molar refractivity (Wildman–Crippen MR) is 117 cm³/mol. The first-order chi connectivity index (χ1) is 15.1. The van der Waals surface area contributed by atoms with Crippen molar-refractivity contribution in [1.82, 2.24) is 5.32 Å². The van der Waals surface area contributed by atoms with E-state index in [1.54, 1.807) is 12.0 Å². The number of carbonyl (C=O) groups is 2. The highest BCUT2D eigenvalue weighted by atomic mass is 16.5. The van der Waals surface area contributed by atoms with Gasteiger partial charge in [-0.05, 0) is 42.7 Å². The Hall–Kier alpha value is -3.12. The number of nitrogens with zero attached hydrogens (tertiary/aromatic N) is 1. The molecule has 2 bridgehead atoms. The quantitative estimate of drug-likeness (QED) is 0.555. The van der Waals surface area contributed by atoms with Crippen LogP contribution in [0.4, 0.5) is 5.69 Å². The summed E-state index contributed by atoms with van der Waals surface area (Å²) in [5, 5.41) is 3.04. The zero-order valence-corrected chi connectivity index (χ0v) is 17.5. The smallest absolute Gasteiger partial charge is 0.234 e. The first kappa shape index (κ1) is 19.8. The number of aryl methyl sites for hydroxylation is 1. The van der Waals surface area contributed by atoms with Gasteiger partial charge in [0.25, 0.3) is 0 Å². The van der Waals surface area contributed by atoms with E-state index in [0.29, 0.717) is 13.1 Å². The maximum absolute atomic E-state index is 13.4. The zero-order chi connectivity index (χ0) is 21.4. The second-order valence-corrected chi connectivity index (χ2v) is 8.40. The molecule has 5 rings (SSSR count). The minimum Gasteiger partial charge on any atom is -0.497 e. The summed E-state index contributed by atoms with van der Waals surface area (Å²) in [4.78, 5) is 28.1. The van der Waals surface area contributed by atoms with Gasteiger partial charge in [-0.3, -0.25) is 9.59 Å². The van der Waals surface area contributed by atoms with Crippen LogP contribution < -0.4 is 15.0 Å². The van der Waals surface area contributed by atoms with Gasteiger partial charge in [-0.25, -0.2) is 0 Å². The molecule has 31 heavy (non-hydrogen) atoms. The van der Waals surface area contributed by atoms with Crippen molar-refractivity contribution in [2.75, 3.05) is 25.1 Å². The van der Waals surface area contributed by atoms with Crippen molar-refractivity contribution < 1.29 is 19.1 Å². The van der Waals surface area contributed by atoms with Crippen LogP contribution in [0, 0.1) is 11.8 Å². The highest BCUT2D eigenvalue weighted by Crippen LogP contribution is 2.52. The molecule has 0 radical (unpaired) electrons. The Kier molecular flexibility index (Phi) is 5.02. The highest BCUT2D eigenvalue weighted by Gasteiger charge is 2.67. The summed E-state index contributed by atoms with van der Waals surface area (Å²) >= 11 is 0. The van der Waals surface area contributed by atoms with Crippen LogP contribution in [0.2, 0.25) is 0 Å². The molecule has 2 aromatic carbocycles. The van der Waals surface area contributed by atoms with Crippen LogP contribution in [0.15, 0.2) is 66.7 Å². The van der Waals surface area contributed by atoms with E-state index in [-0.39, 0.29) is 17.9 Å². The van der Waals surface area contributed by atoms with Crippen LogP contribution in [0.1, 0.15) is 12.0 Å². The normalized spacial score (nSPS) is 28.1. The van der Waals surface area contributed by atoms with E-state index in [1.807, 2.05) is 54.6 Å². The van der Waals surface area contributed by atoms with Crippen molar-refractivity contribution in [2.45, 2.75) is 24.5 Å². The lowest BCUT2D eigenvalue weighted by Crippen LogP contribution is -2.44. The Morgan fingerprint density at radius 2 is 1.97 bits per heavy atom. The lowest BCUT2D eigenvalue weighted by atomic mass is 9.77. The number of nitrogens with one attached hydrogen (secondary N) is 1. The van der Waals surface area contributed by atoms with E-state index in [0.717, 1.165) is 24.3 Å². The number of carbonyl (C=O) groups excluding carboxylic acids is 2. The first-order valence-corrected chi connectivity index (χ1v) is 10.8. The molecule has 4 atom stereocenters. The zero-order valence-electron chi connectivity index (χ0n) is 17.5. The number of rotatable bonds is 7. The van der Waals surface area contributed by atoms with Gasteiger partial charge in [-0.15, -0.1) is 0 Å². The molecule has 3 unspecified atom stereocenters. The van der Waals surface area contributed by atoms with Gasteiger partial charge in [0.05, 0.1) is 31.6 Å². The first-order valence-electron chi connectivity index (χ1n) is 10.8. The van der Waals surface area contributed by atoms with Gasteiger partial charge in [0.1, 0.15) is 11.4 Å². The van der Waals surface area contributed by atoms with E-state index in [2.05, 4.69) is 17.4 Å². The number of amides is 2. The van der Waals surface area contributed by atoms with Crippen LogP contribution in [-0.2, 0) is 20.7 Å². The average molecular weight is 418 g/mol. The van der Waals surface area contributed by atoms with E-state index in [1.165, 1.54) is 5.56 Å². The minimum atomic E-state index is -0.715. The van der Waals surface area contributed by atoms with E-state index < -0.39 is 17.4 Å². The van der Waals surface area contributed by atoms with E-state index >= 15 is 0 Å². The van der Waals surface area contributed by atoms with Crippen LogP contribution in [-0.4, -0.2) is 43.7 Å². The van der Waals surface area contributed by atoms with Crippen LogP contribution in [0.25, 0.3) is 0 Å². The second-order valence-electron chi connectivity index (χ2n) is 8.40. The molecule has 0 aliphatic carbocycles. The fourth-order valence-electron chi connectivity index (χ4n) is 5.05. The SMILES string of the molecule is COc1ccc(N2CC34C=CC(O3)C(C(=O)NCCCc3ccccc3)[C@H]4C2=O)cc1. The number of anilines is 1. The van der Waals surface area contributed by atoms with Crippen molar-refractivity contribution in [3.8, 4) is 5.75 Å². The molecule has 2 amide bonds. The number of methoxy groups -OCH3 is 1. The number of fused-ring (bicyclic) bond motifs is 1. The Labute approximate surface area is 181 Å². The van der Waals surface area contributed by atoms with Gasteiger partial charge in [-0.2, -0.15) is 0 Å². The van der Waals surface area contributed by atoms with E-state index in [4.69, 9.17) is 9.47 Å². The Morgan fingerprint density at radius 1 is 1.19 bits per heavy atom. The van der Waals surface area contributed by atoms with Gasteiger partial charge < -0.3 is 19.7 Å². The van der Waals surface area contributed by atoms with Crippen LogP contribution >= 0.6 is 0 Å². The summed E-state index contributed by atoms with van der Waals surface area (Å²) in [6.07, 6.45) is 5.34. The monoisotopic (exact) mass is 418 g/mol. The average Bonchev–Trinajstić information content (AvgIpc) is 3.45.